The van der Waals surface area contributed by atoms with E-state index in [2.05, 4.69) is 15.2 Å². The van der Waals surface area contributed by atoms with E-state index in [1.54, 1.807) is 42.6 Å². The molecule has 1 saturated heterocycles. The number of amides is 2. The number of carbonyl (C=O) groups is 2. The van der Waals surface area contributed by atoms with E-state index < -0.39 is 47.4 Å². The summed E-state index contributed by atoms with van der Waals surface area (Å²) in [5.74, 6) is -0.981. The summed E-state index contributed by atoms with van der Waals surface area (Å²) >= 11 is 0. The third-order valence-corrected chi connectivity index (χ3v) is 8.23. The lowest BCUT2D eigenvalue weighted by molar-refractivity contribution is -0.274. The number of ether oxygens (including phenoxy) is 3. The Labute approximate surface area is 263 Å². The van der Waals surface area contributed by atoms with Crippen LogP contribution in [0, 0.1) is 0 Å². The molecule has 242 valence electrons. The first-order chi connectivity index (χ1) is 22.6. The van der Waals surface area contributed by atoms with Gasteiger partial charge in [-0.05, 0) is 67.8 Å². The van der Waals surface area contributed by atoms with Crippen LogP contribution in [0.2, 0.25) is 0 Å². The number of aromatic nitrogens is 3. The molecule has 4 heterocycles. The number of rotatable bonds is 7. The number of alkyl halides is 3. The monoisotopic (exact) mass is 649 g/mol. The highest BCUT2D eigenvalue weighted by Gasteiger charge is 2.42. The zero-order valence-corrected chi connectivity index (χ0v) is 24.5. The summed E-state index contributed by atoms with van der Waals surface area (Å²) in [7, 11) is 0. The lowest BCUT2D eigenvalue weighted by Crippen LogP contribution is -2.50. The van der Waals surface area contributed by atoms with Crippen LogP contribution in [0.3, 0.4) is 0 Å². The first kappa shape index (κ1) is 30.4. The molecule has 15 heteroatoms. The number of nitrogens with one attached hydrogen (secondary N) is 1. The minimum Gasteiger partial charge on any atom is -0.406 e. The van der Waals surface area contributed by atoms with Crippen LogP contribution in [-0.4, -0.2) is 63.0 Å². The highest BCUT2D eigenvalue weighted by Crippen LogP contribution is 2.29. The average Bonchev–Trinajstić information content (AvgIpc) is 3.64. The van der Waals surface area contributed by atoms with Gasteiger partial charge in [0.15, 0.2) is 12.1 Å². The SMILES string of the molecule is O=C1c2ccccc2C(=O)N1[C@H]1CO[C@H](Cn2cccc(Nc3nn(-c4ccc(OC(F)(F)F)cc4)c(=O)c4c3CCC4)c2=O)OC1. The second kappa shape index (κ2) is 11.8. The number of nitrogens with zero attached hydrogens (tertiary/aromatic N) is 4. The minimum atomic E-state index is -4.86. The van der Waals surface area contributed by atoms with Crippen LogP contribution in [0.25, 0.3) is 5.69 Å². The molecule has 2 aliphatic heterocycles. The van der Waals surface area contributed by atoms with E-state index in [0.717, 1.165) is 21.7 Å². The maximum Gasteiger partial charge on any atom is 0.573 e. The van der Waals surface area contributed by atoms with Gasteiger partial charge in [-0.3, -0.25) is 24.1 Å². The second-order valence-corrected chi connectivity index (χ2v) is 11.2. The largest absolute Gasteiger partial charge is 0.573 e. The van der Waals surface area contributed by atoms with E-state index in [9.17, 15) is 32.3 Å². The smallest absolute Gasteiger partial charge is 0.406 e. The van der Waals surface area contributed by atoms with Crippen LogP contribution in [0.4, 0.5) is 24.7 Å². The van der Waals surface area contributed by atoms with E-state index in [-0.39, 0.29) is 37.0 Å². The summed E-state index contributed by atoms with van der Waals surface area (Å²) in [6, 6.07) is 13.9. The summed E-state index contributed by atoms with van der Waals surface area (Å²) in [6.45, 7) is 0.0774. The Hall–Kier alpha value is -5.28. The van der Waals surface area contributed by atoms with Crippen molar-refractivity contribution in [1.82, 2.24) is 19.2 Å². The Morgan fingerprint density at radius 1 is 0.851 bits per heavy atom. The number of benzene rings is 2. The predicted octanol–water partition coefficient (Wildman–Crippen LogP) is 3.56. The van der Waals surface area contributed by atoms with Gasteiger partial charge in [-0.15, -0.1) is 18.3 Å². The summed E-state index contributed by atoms with van der Waals surface area (Å²) in [4.78, 5) is 53.6. The lowest BCUT2D eigenvalue weighted by atomic mass is 10.1. The average molecular weight is 650 g/mol. The van der Waals surface area contributed by atoms with E-state index >= 15 is 0 Å². The van der Waals surface area contributed by atoms with Gasteiger partial charge >= 0.3 is 6.36 Å². The minimum absolute atomic E-state index is 0.0145. The first-order valence-electron chi connectivity index (χ1n) is 14.8. The van der Waals surface area contributed by atoms with Crippen molar-refractivity contribution in [3.8, 4) is 11.4 Å². The molecule has 0 saturated carbocycles. The lowest BCUT2D eigenvalue weighted by Gasteiger charge is -2.33. The van der Waals surface area contributed by atoms with Gasteiger partial charge in [-0.2, -0.15) is 4.68 Å². The number of fused-ring (bicyclic) bond motifs is 2. The molecule has 0 spiro atoms. The number of halogens is 3. The molecular formula is C32H26F3N5O7. The van der Waals surface area contributed by atoms with E-state index in [4.69, 9.17) is 9.47 Å². The van der Waals surface area contributed by atoms with Crippen molar-refractivity contribution in [3.05, 3.63) is 110 Å². The molecule has 47 heavy (non-hydrogen) atoms. The van der Waals surface area contributed by atoms with Crippen LogP contribution in [0.5, 0.6) is 5.75 Å². The van der Waals surface area contributed by atoms with Gasteiger partial charge in [0.25, 0.3) is 22.9 Å². The van der Waals surface area contributed by atoms with E-state index in [0.29, 0.717) is 41.5 Å². The fraction of sp³-hybridized carbons (Fsp3) is 0.281. The standard InChI is InChI=1S/C32H26F3N5O7/c33-32(34,35)47-20-12-10-18(11-13-20)40-30(43)22-8-3-7-21(22)27(37-40)36-25-9-4-14-38(31(25)44)15-26-45-16-19(17-46-26)39-28(41)23-5-1-2-6-24(23)29(39)42/h1-2,4-6,9-14,19,26H,3,7-8,15-17H2,(H,36,37)/t19-,26-. The fourth-order valence-electron chi connectivity index (χ4n) is 6.03. The van der Waals surface area contributed by atoms with Gasteiger partial charge < -0.3 is 24.1 Å². The molecule has 4 aromatic rings. The van der Waals surface area contributed by atoms with Crippen LogP contribution < -0.4 is 21.2 Å². The second-order valence-electron chi connectivity index (χ2n) is 11.2. The number of hydrogen-bond donors (Lipinski definition) is 1. The van der Waals surface area contributed by atoms with Gasteiger partial charge in [-0.1, -0.05) is 12.1 Å². The number of carbonyl (C=O) groups excluding carboxylic acids is 2. The molecule has 1 fully saturated rings. The van der Waals surface area contributed by atoms with Crippen molar-refractivity contribution >= 4 is 23.3 Å². The number of hydrogen-bond acceptors (Lipinski definition) is 9. The van der Waals surface area contributed by atoms with Crippen molar-refractivity contribution in [2.45, 2.75) is 44.5 Å². The van der Waals surface area contributed by atoms with Gasteiger partial charge in [-0.25, -0.2) is 0 Å². The topological polar surface area (TPSA) is 134 Å². The summed E-state index contributed by atoms with van der Waals surface area (Å²) in [6.07, 6.45) is -2.40. The van der Waals surface area contributed by atoms with Gasteiger partial charge in [0.1, 0.15) is 11.4 Å². The van der Waals surface area contributed by atoms with Crippen molar-refractivity contribution in [2.24, 2.45) is 0 Å². The molecule has 0 bridgehead atoms. The Morgan fingerprint density at radius 2 is 1.51 bits per heavy atom. The third kappa shape index (κ3) is 5.79. The molecule has 7 rings (SSSR count). The summed E-state index contributed by atoms with van der Waals surface area (Å²) in [5.41, 5.74) is 1.39. The number of anilines is 2. The van der Waals surface area contributed by atoms with Gasteiger partial charge in [0.2, 0.25) is 0 Å². The zero-order chi connectivity index (χ0) is 32.9. The molecule has 2 aromatic carbocycles. The molecule has 0 atom stereocenters. The first-order valence-corrected chi connectivity index (χ1v) is 14.8. The molecule has 1 aliphatic carbocycles. The molecule has 2 amide bonds. The normalized spacial score (nSPS) is 19.1. The van der Waals surface area contributed by atoms with Crippen LogP contribution >= 0.6 is 0 Å². The summed E-state index contributed by atoms with van der Waals surface area (Å²) < 4.78 is 55.9. The quantitative estimate of drug-likeness (QED) is 0.299. The molecule has 1 N–H and O–H groups in total. The predicted molar refractivity (Wildman–Crippen MR) is 159 cm³/mol. The maximum atomic E-state index is 13.5. The molecule has 12 nitrogen and oxygen atoms in total. The molecule has 2 aromatic heterocycles. The van der Waals surface area contributed by atoms with Gasteiger partial charge in [0, 0.05) is 17.3 Å². The number of pyridine rings is 1. The third-order valence-electron chi connectivity index (χ3n) is 8.23. The van der Waals surface area contributed by atoms with Crippen LogP contribution in [0.15, 0.2) is 76.4 Å². The zero-order valence-electron chi connectivity index (χ0n) is 24.5. The Kier molecular flexibility index (Phi) is 7.64. The van der Waals surface area contributed by atoms with E-state index in [1.807, 2.05) is 0 Å². The molecule has 0 radical (unpaired) electrons. The Morgan fingerprint density at radius 3 is 2.17 bits per heavy atom. The van der Waals surface area contributed by atoms with Gasteiger partial charge in [0.05, 0.1) is 42.6 Å². The van der Waals surface area contributed by atoms with Crippen LogP contribution in [-0.2, 0) is 28.9 Å². The fourth-order valence-corrected chi connectivity index (χ4v) is 6.03. The van der Waals surface area contributed by atoms with Crippen molar-refractivity contribution in [3.63, 3.8) is 0 Å². The maximum absolute atomic E-state index is 13.5. The van der Waals surface area contributed by atoms with Crippen LogP contribution in [0.1, 0.15) is 38.3 Å². The van der Waals surface area contributed by atoms with Crippen molar-refractivity contribution in [2.75, 3.05) is 18.5 Å². The molecular weight excluding hydrogens is 623 g/mol. The molecule has 0 unspecified atom stereocenters. The van der Waals surface area contributed by atoms with Crippen molar-refractivity contribution < 1.29 is 37.0 Å². The van der Waals surface area contributed by atoms with Crippen molar-refractivity contribution in [1.29, 1.82) is 0 Å². The van der Waals surface area contributed by atoms with E-state index in [1.165, 1.54) is 16.7 Å². The number of imide groups is 1. The highest BCUT2D eigenvalue weighted by atomic mass is 19.4. The summed E-state index contributed by atoms with van der Waals surface area (Å²) in [5, 5.41) is 7.50. The Balaban J connectivity index is 1.07. The Bertz CT molecular complexity index is 1970. The molecule has 3 aliphatic rings. The highest BCUT2D eigenvalue weighted by molar-refractivity contribution is 6.21.